The molecule has 104 valence electrons. The number of hydrogen-bond acceptors (Lipinski definition) is 5. The van der Waals surface area contributed by atoms with E-state index >= 15 is 0 Å². The van der Waals surface area contributed by atoms with Gasteiger partial charge in [-0.25, -0.2) is 13.1 Å². The van der Waals surface area contributed by atoms with Crippen molar-refractivity contribution in [3.63, 3.8) is 0 Å². The standard InChI is InChI=1S/C12H17N3O3S/c1-2-4-10(7-13)9-19(17,18)15-12(16)11-5-3-6-14-8-11/h2-6,8,10H,7,9,13H2,1H3,(H,15,16). The number of carbonyl (C=O) groups is 1. The highest BCUT2D eigenvalue weighted by Crippen LogP contribution is 2.03. The topological polar surface area (TPSA) is 102 Å². The maximum Gasteiger partial charge on any atom is 0.266 e. The quantitative estimate of drug-likeness (QED) is 0.731. The fourth-order valence-corrected chi connectivity index (χ4v) is 2.79. The molecule has 1 rings (SSSR count). The summed E-state index contributed by atoms with van der Waals surface area (Å²) in [5.74, 6) is -1.23. The molecule has 1 unspecified atom stereocenters. The predicted octanol–water partition coefficient (Wildman–Crippen LogP) is 0.292. The van der Waals surface area contributed by atoms with E-state index in [1.807, 2.05) is 4.72 Å². The Labute approximate surface area is 112 Å². The highest BCUT2D eigenvalue weighted by atomic mass is 32.2. The molecule has 3 N–H and O–H groups in total. The molecule has 0 aliphatic rings. The second-order valence-corrected chi connectivity index (χ2v) is 5.74. The lowest BCUT2D eigenvalue weighted by Gasteiger charge is -2.11. The van der Waals surface area contributed by atoms with Crippen molar-refractivity contribution in [3.05, 3.63) is 42.2 Å². The van der Waals surface area contributed by atoms with Crippen LogP contribution in [0, 0.1) is 5.92 Å². The number of nitrogens with zero attached hydrogens (tertiary/aromatic N) is 1. The van der Waals surface area contributed by atoms with Gasteiger partial charge in [0.15, 0.2) is 0 Å². The highest BCUT2D eigenvalue weighted by molar-refractivity contribution is 7.90. The zero-order chi connectivity index (χ0) is 14.3. The molecule has 0 saturated heterocycles. The number of sulfonamides is 1. The molecule has 1 atom stereocenters. The fraction of sp³-hybridized carbons (Fsp3) is 0.333. The number of hydrogen-bond donors (Lipinski definition) is 2. The van der Waals surface area contributed by atoms with Gasteiger partial charge in [-0.1, -0.05) is 12.2 Å². The number of aromatic nitrogens is 1. The molecule has 0 saturated carbocycles. The first-order valence-corrected chi connectivity index (χ1v) is 7.41. The summed E-state index contributed by atoms with van der Waals surface area (Å²) < 4.78 is 25.6. The maximum absolute atomic E-state index is 11.8. The Morgan fingerprint density at radius 1 is 1.58 bits per heavy atom. The molecule has 1 amide bonds. The van der Waals surface area contributed by atoms with E-state index in [4.69, 9.17) is 5.73 Å². The number of rotatable bonds is 6. The zero-order valence-electron chi connectivity index (χ0n) is 10.6. The number of nitrogens with one attached hydrogen (secondary N) is 1. The summed E-state index contributed by atoms with van der Waals surface area (Å²) in [7, 11) is -3.72. The van der Waals surface area contributed by atoms with E-state index in [0.29, 0.717) is 0 Å². The van der Waals surface area contributed by atoms with Gasteiger partial charge in [0, 0.05) is 18.3 Å². The Hall–Kier alpha value is -1.73. The van der Waals surface area contributed by atoms with Crippen molar-refractivity contribution in [2.75, 3.05) is 12.3 Å². The minimum Gasteiger partial charge on any atom is -0.330 e. The van der Waals surface area contributed by atoms with Crippen LogP contribution in [-0.4, -0.2) is 31.6 Å². The Balaban J connectivity index is 2.72. The van der Waals surface area contributed by atoms with Gasteiger partial charge in [0.05, 0.1) is 11.3 Å². The van der Waals surface area contributed by atoms with Crippen molar-refractivity contribution < 1.29 is 13.2 Å². The maximum atomic E-state index is 11.8. The predicted molar refractivity (Wildman–Crippen MR) is 72.8 cm³/mol. The monoisotopic (exact) mass is 283 g/mol. The van der Waals surface area contributed by atoms with Crippen LogP contribution in [0.3, 0.4) is 0 Å². The van der Waals surface area contributed by atoms with Gasteiger partial charge in [0.1, 0.15) is 0 Å². The summed E-state index contributed by atoms with van der Waals surface area (Å²) in [5, 5.41) is 0. The molecule has 0 aliphatic carbocycles. The average Bonchev–Trinajstić information content (AvgIpc) is 2.38. The fourth-order valence-electron chi connectivity index (χ4n) is 1.50. The lowest BCUT2D eigenvalue weighted by atomic mass is 10.2. The first-order chi connectivity index (χ1) is 8.98. The Morgan fingerprint density at radius 3 is 2.84 bits per heavy atom. The first kappa shape index (κ1) is 15.3. The molecule has 0 radical (unpaired) electrons. The number of nitrogens with two attached hydrogens (primary N) is 1. The molecule has 19 heavy (non-hydrogen) atoms. The number of carbonyl (C=O) groups excluding carboxylic acids is 1. The molecular weight excluding hydrogens is 266 g/mol. The molecule has 0 aliphatic heterocycles. The van der Waals surface area contributed by atoms with Crippen LogP contribution in [0.25, 0.3) is 0 Å². The molecule has 0 aromatic carbocycles. The van der Waals surface area contributed by atoms with Crippen LogP contribution >= 0.6 is 0 Å². The summed E-state index contributed by atoms with van der Waals surface area (Å²) in [6, 6.07) is 3.05. The van der Waals surface area contributed by atoms with Crippen LogP contribution < -0.4 is 10.5 Å². The summed E-state index contributed by atoms with van der Waals surface area (Å²) in [5.41, 5.74) is 5.67. The van der Waals surface area contributed by atoms with Gasteiger partial charge in [-0.05, 0) is 25.6 Å². The van der Waals surface area contributed by atoms with Gasteiger partial charge in [-0.2, -0.15) is 0 Å². The third-order valence-electron chi connectivity index (χ3n) is 2.37. The smallest absolute Gasteiger partial charge is 0.266 e. The van der Waals surface area contributed by atoms with Crippen molar-refractivity contribution in [3.8, 4) is 0 Å². The van der Waals surface area contributed by atoms with Gasteiger partial charge >= 0.3 is 0 Å². The summed E-state index contributed by atoms with van der Waals surface area (Å²) in [6.45, 7) is 1.98. The lowest BCUT2D eigenvalue weighted by Crippen LogP contribution is -2.36. The van der Waals surface area contributed by atoms with Gasteiger partial charge in [0.2, 0.25) is 10.0 Å². The molecule has 0 bridgehead atoms. The minimum absolute atomic E-state index is 0.196. The van der Waals surface area contributed by atoms with Crippen molar-refractivity contribution in [2.45, 2.75) is 6.92 Å². The zero-order valence-corrected chi connectivity index (χ0v) is 11.4. The second-order valence-electron chi connectivity index (χ2n) is 3.98. The molecule has 1 heterocycles. The van der Waals surface area contributed by atoms with E-state index in [1.54, 1.807) is 25.1 Å². The van der Waals surface area contributed by atoms with Crippen LogP contribution in [0.2, 0.25) is 0 Å². The normalized spacial score (nSPS) is 13.4. The van der Waals surface area contributed by atoms with E-state index in [-0.39, 0.29) is 23.8 Å². The van der Waals surface area contributed by atoms with Gasteiger partial charge in [0.25, 0.3) is 5.91 Å². The highest BCUT2D eigenvalue weighted by Gasteiger charge is 2.19. The molecule has 1 aromatic rings. The molecule has 6 nitrogen and oxygen atoms in total. The molecule has 0 fully saturated rings. The summed E-state index contributed by atoms with van der Waals surface area (Å²) in [4.78, 5) is 15.5. The molecule has 1 aromatic heterocycles. The summed E-state index contributed by atoms with van der Waals surface area (Å²) in [6.07, 6.45) is 6.24. The Morgan fingerprint density at radius 2 is 2.32 bits per heavy atom. The SMILES string of the molecule is CC=CC(CN)CS(=O)(=O)NC(=O)c1cccnc1. The van der Waals surface area contributed by atoms with Gasteiger partial charge in [-0.3, -0.25) is 9.78 Å². The van der Waals surface area contributed by atoms with Crippen molar-refractivity contribution in [1.82, 2.24) is 9.71 Å². The van der Waals surface area contributed by atoms with Crippen LogP contribution in [0.15, 0.2) is 36.7 Å². The Bertz CT molecular complexity index is 541. The average molecular weight is 283 g/mol. The van der Waals surface area contributed by atoms with Crippen LogP contribution in [0.1, 0.15) is 17.3 Å². The molecule has 7 heteroatoms. The van der Waals surface area contributed by atoms with E-state index < -0.39 is 15.9 Å². The molecular formula is C12H17N3O3S. The minimum atomic E-state index is -3.72. The number of amides is 1. The Kier molecular flexibility index (Phi) is 5.65. The van der Waals surface area contributed by atoms with Crippen LogP contribution in [0.4, 0.5) is 0 Å². The number of allylic oxidation sites excluding steroid dienone is 1. The van der Waals surface area contributed by atoms with Crippen molar-refractivity contribution in [1.29, 1.82) is 0 Å². The van der Waals surface area contributed by atoms with E-state index in [2.05, 4.69) is 4.98 Å². The van der Waals surface area contributed by atoms with Gasteiger partial charge in [-0.15, -0.1) is 0 Å². The van der Waals surface area contributed by atoms with Crippen LogP contribution in [0.5, 0.6) is 0 Å². The van der Waals surface area contributed by atoms with Gasteiger partial charge < -0.3 is 5.73 Å². The third-order valence-corrected chi connectivity index (χ3v) is 3.74. The van der Waals surface area contributed by atoms with E-state index in [1.165, 1.54) is 18.5 Å². The number of pyridine rings is 1. The van der Waals surface area contributed by atoms with Crippen LogP contribution in [-0.2, 0) is 10.0 Å². The third kappa shape index (κ3) is 5.19. The van der Waals surface area contributed by atoms with E-state index in [9.17, 15) is 13.2 Å². The summed E-state index contributed by atoms with van der Waals surface area (Å²) >= 11 is 0. The largest absolute Gasteiger partial charge is 0.330 e. The lowest BCUT2D eigenvalue weighted by molar-refractivity contribution is 0.0981. The van der Waals surface area contributed by atoms with Crippen molar-refractivity contribution in [2.24, 2.45) is 11.7 Å². The van der Waals surface area contributed by atoms with E-state index in [0.717, 1.165) is 0 Å². The van der Waals surface area contributed by atoms with Crippen molar-refractivity contribution >= 4 is 15.9 Å². The molecule has 0 spiro atoms. The first-order valence-electron chi connectivity index (χ1n) is 5.76. The second kappa shape index (κ2) is 7.01.